The zero-order chi connectivity index (χ0) is 12.6. The Morgan fingerprint density at radius 3 is 2.35 bits per heavy atom. The minimum absolute atomic E-state index is 0.0109. The Balaban J connectivity index is 2.20. The molecular weight excluding hydrogens is 220 g/mol. The van der Waals surface area contributed by atoms with Crippen molar-refractivity contribution in [3.8, 4) is 0 Å². The summed E-state index contributed by atoms with van der Waals surface area (Å²) in [5.74, 6) is 0.572. The number of hydrogen-bond donors (Lipinski definition) is 0. The maximum absolute atomic E-state index is 12.4. The average Bonchev–Trinajstić information content (AvgIpc) is 2.56. The Labute approximate surface area is 101 Å². The molecule has 2 atom stereocenters. The monoisotopic (exact) mass is 238 g/mol. The molecule has 1 aromatic rings. The third-order valence-corrected chi connectivity index (χ3v) is 2.95. The predicted molar refractivity (Wildman–Crippen MR) is 61.9 cm³/mol. The number of aromatic nitrogens is 1. The van der Waals surface area contributed by atoms with E-state index < -0.39 is 0 Å². The van der Waals surface area contributed by atoms with Crippen LogP contribution >= 0.6 is 0 Å². The third kappa shape index (κ3) is 2.34. The lowest BCUT2D eigenvalue weighted by Crippen LogP contribution is -2.48. The van der Waals surface area contributed by atoms with E-state index in [1.54, 1.807) is 13.8 Å². The molecule has 1 saturated heterocycles. The number of ether oxygens (including phenoxy) is 1. The lowest BCUT2D eigenvalue weighted by molar-refractivity contribution is -0.0586. The Hall–Kier alpha value is -1.36. The standard InChI is InChI=1S/C12H18N2O3/c1-7-5-14(6-8(2)16-7)12(15)11-9(3)13-17-10(11)4/h7-8H,5-6H2,1-4H3/t7-,8-/m1/s1. The average molecular weight is 238 g/mol. The second kappa shape index (κ2) is 4.49. The highest BCUT2D eigenvalue weighted by Gasteiger charge is 2.29. The second-order valence-corrected chi connectivity index (χ2v) is 4.67. The minimum Gasteiger partial charge on any atom is -0.372 e. The molecule has 94 valence electrons. The number of aryl methyl sites for hydroxylation is 2. The predicted octanol–water partition coefficient (Wildman–Crippen LogP) is 1.54. The van der Waals surface area contributed by atoms with Crippen LogP contribution in [0.5, 0.6) is 0 Å². The second-order valence-electron chi connectivity index (χ2n) is 4.67. The van der Waals surface area contributed by atoms with Gasteiger partial charge in [0.05, 0.1) is 17.9 Å². The van der Waals surface area contributed by atoms with Crippen LogP contribution in [0.25, 0.3) is 0 Å². The Bertz CT molecular complexity index is 398. The van der Waals surface area contributed by atoms with Crippen molar-refractivity contribution in [3.63, 3.8) is 0 Å². The minimum atomic E-state index is -0.0109. The molecule has 2 rings (SSSR count). The van der Waals surface area contributed by atoms with Crippen molar-refractivity contribution in [1.82, 2.24) is 10.1 Å². The topological polar surface area (TPSA) is 55.6 Å². The maximum Gasteiger partial charge on any atom is 0.259 e. The fraction of sp³-hybridized carbons (Fsp3) is 0.667. The van der Waals surface area contributed by atoms with E-state index in [-0.39, 0.29) is 18.1 Å². The lowest BCUT2D eigenvalue weighted by atomic mass is 10.1. The molecule has 1 fully saturated rings. The Morgan fingerprint density at radius 1 is 1.29 bits per heavy atom. The third-order valence-electron chi connectivity index (χ3n) is 2.95. The number of nitrogens with zero attached hydrogens (tertiary/aromatic N) is 2. The summed E-state index contributed by atoms with van der Waals surface area (Å²) >= 11 is 0. The van der Waals surface area contributed by atoms with Crippen LogP contribution in [0.1, 0.15) is 35.7 Å². The number of carbonyl (C=O) groups excluding carboxylic acids is 1. The van der Waals surface area contributed by atoms with Gasteiger partial charge >= 0.3 is 0 Å². The van der Waals surface area contributed by atoms with Crippen LogP contribution in [0.15, 0.2) is 4.52 Å². The molecule has 0 aromatic carbocycles. The van der Waals surface area contributed by atoms with Crippen molar-refractivity contribution in [2.75, 3.05) is 13.1 Å². The molecule has 1 aromatic heterocycles. The van der Waals surface area contributed by atoms with Gasteiger partial charge in [-0.1, -0.05) is 5.16 Å². The molecule has 0 radical (unpaired) electrons. The molecule has 0 aliphatic carbocycles. The summed E-state index contributed by atoms with van der Waals surface area (Å²) in [6.07, 6.45) is 0.145. The Morgan fingerprint density at radius 2 is 1.88 bits per heavy atom. The maximum atomic E-state index is 12.4. The highest BCUT2D eigenvalue weighted by molar-refractivity contribution is 5.96. The Kier molecular flexibility index (Phi) is 3.19. The largest absolute Gasteiger partial charge is 0.372 e. The van der Waals surface area contributed by atoms with E-state index in [2.05, 4.69) is 5.16 Å². The normalized spacial score (nSPS) is 25.1. The van der Waals surface area contributed by atoms with Crippen molar-refractivity contribution in [3.05, 3.63) is 17.0 Å². The van der Waals surface area contributed by atoms with Crippen molar-refractivity contribution in [2.24, 2.45) is 0 Å². The molecule has 0 N–H and O–H groups in total. The summed E-state index contributed by atoms with van der Waals surface area (Å²) in [6, 6.07) is 0. The molecule has 5 nitrogen and oxygen atoms in total. The van der Waals surface area contributed by atoms with Crippen LogP contribution in [0.3, 0.4) is 0 Å². The first-order valence-corrected chi connectivity index (χ1v) is 5.86. The van der Waals surface area contributed by atoms with Gasteiger partial charge in [-0.3, -0.25) is 4.79 Å². The van der Waals surface area contributed by atoms with E-state index in [1.807, 2.05) is 18.7 Å². The smallest absolute Gasteiger partial charge is 0.259 e. The van der Waals surface area contributed by atoms with E-state index in [0.29, 0.717) is 30.1 Å². The summed E-state index contributed by atoms with van der Waals surface area (Å²) in [6.45, 7) is 8.74. The van der Waals surface area contributed by atoms with Gasteiger partial charge in [0.1, 0.15) is 11.3 Å². The van der Waals surface area contributed by atoms with Crippen LogP contribution in [0.2, 0.25) is 0 Å². The first kappa shape index (κ1) is 12.1. The summed E-state index contributed by atoms with van der Waals surface area (Å²) in [7, 11) is 0. The summed E-state index contributed by atoms with van der Waals surface area (Å²) in [5, 5.41) is 3.82. The van der Waals surface area contributed by atoms with Gasteiger partial charge in [-0.25, -0.2) is 0 Å². The SMILES string of the molecule is Cc1noc(C)c1C(=O)N1C[C@@H](C)O[C@H](C)C1. The van der Waals surface area contributed by atoms with Gasteiger partial charge in [0.15, 0.2) is 0 Å². The van der Waals surface area contributed by atoms with Gasteiger partial charge < -0.3 is 14.2 Å². The van der Waals surface area contributed by atoms with Crippen LogP contribution in [-0.2, 0) is 4.74 Å². The first-order chi connectivity index (χ1) is 7.99. The van der Waals surface area contributed by atoms with E-state index in [0.717, 1.165) is 0 Å². The zero-order valence-electron chi connectivity index (χ0n) is 10.7. The molecular formula is C12H18N2O3. The van der Waals surface area contributed by atoms with Crippen molar-refractivity contribution in [2.45, 2.75) is 39.9 Å². The van der Waals surface area contributed by atoms with Gasteiger partial charge in [-0.2, -0.15) is 0 Å². The van der Waals surface area contributed by atoms with Gasteiger partial charge in [0, 0.05) is 13.1 Å². The number of hydrogen-bond acceptors (Lipinski definition) is 4. The van der Waals surface area contributed by atoms with E-state index in [9.17, 15) is 4.79 Å². The van der Waals surface area contributed by atoms with Gasteiger partial charge in [0.25, 0.3) is 5.91 Å². The number of amides is 1. The molecule has 0 bridgehead atoms. The molecule has 0 spiro atoms. The molecule has 2 heterocycles. The molecule has 1 aliphatic rings. The number of rotatable bonds is 1. The van der Waals surface area contributed by atoms with Crippen molar-refractivity contribution < 1.29 is 14.1 Å². The van der Waals surface area contributed by atoms with Crippen molar-refractivity contribution in [1.29, 1.82) is 0 Å². The molecule has 17 heavy (non-hydrogen) atoms. The van der Waals surface area contributed by atoms with Gasteiger partial charge in [-0.15, -0.1) is 0 Å². The van der Waals surface area contributed by atoms with E-state index in [4.69, 9.17) is 9.26 Å². The molecule has 0 unspecified atom stereocenters. The van der Waals surface area contributed by atoms with Crippen LogP contribution in [0, 0.1) is 13.8 Å². The zero-order valence-corrected chi connectivity index (χ0v) is 10.7. The number of morpholine rings is 1. The highest BCUT2D eigenvalue weighted by atomic mass is 16.5. The summed E-state index contributed by atoms with van der Waals surface area (Å²) in [5.41, 5.74) is 1.24. The van der Waals surface area contributed by atoms with Crippen LogP contribution in [0.4, 0.5) is 0 Å². The van der Waals surface area contributed by atoms with Gasteiger partial charge in [0.2, 0.25) is 0 Å². The van der Waals surface area contributed by atoms with E-state index >= 15 is 0 Å². The lowest BCUT2D eigenvalue weighted by Gasteiger charge is -2.35. The molecule has 5 heteroatoms. The molecule has 1 amide bonds. The van der Waals surface area contributed by atoms with Crippen LogP contribution < -0.4 is 0 Å². The fourth-order valence-electron chi connectivity index (χ4n) is 2.29. The molecule has 1 aliphatic heterocycles. The summed E-state index contributed by atoms with van der Waals surface area (Å²) in [4.78, 5) is 14.2. The quantitative estimate of drug-likeness (QED) is 0.744. The fourth-order valence-corrected chi connectivity index (χ4v) is 2.29. The molecule has 0 saturated carbocycles. The first-order valence-electron chi connectivity index (χ1n) is 5.86. The summed E-state index contributed by atoms with van der Waals surface area (Å²) < 4.78 is 10.6. The van der Waals surface area contributed by atoms with E-state index in [1.165, 1.54) is 0 Å². The van der Waals surface area contributed by atoms with Crippen molar-refractivity contribution >= 4 is 5.91 Å². The highest BCUT2D eigenvalue weighted by Crippen LogP contribution is 2.18. The van der Waals surface area contributed by atoms with Gasteiger partial charge in [-0.05, 0) is 27.7 Å². The number of carbonyl (C=O) groups is 1. The van der Waals surface area contributed by atoms with Crippen LogP contribution in [-0.4, -0.2) is 41.3 Å².